The minimum Gasteiger partial charge on any atom is -0.449 e. The van der Waals surface area contributed by atoms with Crippen molar-refractivity contribution in [3.05, 3.63) is 48.5 Å². The molecule has 144 valence electrons. The third-order valence-corrected chi connectivity index (χ3v) is 5.21. The van der Waals surface area contributed by atoms with Crippen molar-refractivity contribution in [3.8, 4) is 11.1 Å². The number of amides is 1. The molecular formula is C22H29N3O2. The number of hydrogen-bond donors (Lipinski definition) is 1. The van der Waals surface area contributed by atoms with Gasteiger partial charge in [0, 0.05) is 31.4 Å². The number of ether oxygens (including phenoxy) is 1. The number of hydrogen-bond acceptors (Lipinski definition) is 4. The molecule has 0 aromatic heterocycles. The van der Waals surface area contributed by atoms with Crippen LogP contribution in [0.3, 0.4) is 0 Å². The van der Waals surface area contributed by atoms with Crippen LogP contribution in [0.4, 0.5) is 16.2 Å². The van der Waals surface area contributed by atoms with Crippen molar-refractivity contribution in [2.75, 3.05) is 44.5 Å². The van der Waals surface area contributed by atoms with Gasteiger partial charge in [-0.2, -0.15) is 0 Å². The van der Waals surface area contributed by atoms with E-state index in [4.69, 9.17) is 4.74 Å². The fraction of sp³-hybridized carbons (Fsp3) is 0.409. The van der Waals surface area contributed by atoms with Crippen molar-refractivity contribution in [3.63, 3.8) is 0 Å². The average Bonchev–Trinajstić information content (AvgIpc) is 3.07. The van der Waals surface area contributed by atoms with Gasteiger partial charge in [-0.25, -0.2) is 4.79 Å². The number of anilines is 2. The zero-order valence-electron chi connectivity index (χ0n) is 16.4. The van der Waals surface area contributed by atoms with Crippen LogP contribution in [0.1, 0.15) is 19.3 Å². The molecule has 1 heterocycles. The van der Waals surface area contributed by atoms with Gasteiger partial charge in [0.25, 0.3) is 0 Å². The van der Waals surface area contributed by atoms with E-state index < -0.39 is 6.09 Å². The molecule has 0 bridgehead atoms. The van der Waals surface area contributed by atoms with Gasteiger partial charge in [-0.05, 0) is 56.6 Å². The molecule has 1 fully saturated rings. The maximum atomic E-state index is 12.2. The lowest BCUT2D eigenvalue weighted by Crippen LogP contribution is -2.27. The zero-order valence-corrected chi connectivity index (χ0v) is 16.4. The molecule has 0 spiro atoms. The van der Waals surface area contributed by atoms with E-state index in [0.29, 0.717) is 12.6 Å². The Morgan fingerprint density at radius 1 is 1.19 bits per heavy atom. The minimum atomic E-state index is -0.395. The van der Waals surface area contributed by atoms with Gasteiger partial charge < -0.3 is 14.5 Å². The summed E-state index contributed by atoms with van der Waals surface area (Å²) in [6, 6.07) is 16.6. The van der Waals surface area contributed by atoms with E-state index in [9.17, 15) is 4.79 Å². The van der Waals surface area contributed by atoms with Crippen molar-refractivity contribution >= 4 is 17.5 Å². The second-order valence-electron chi connectivity index (χ2n) is 7.31. The summed E-state index contributed by atoms with van der Waals surface area (Å²) in [7, 11) is 6.17. The normalized spacial score (nSPS) is 16.9. The molecule has 0 saturated carbocycles. The number of rotatable bonds is 6. The van der Waals surface area contributed by atoms with Gasteiger partial charge in [-0.1, -0.05) is 30.3 Å². The van der Waals surface area contributed by atoms with Crippen molar-refractivity contribution in [1.29, 1.82) is 0 Å². The van der Waals surface area contributed by atoms with Crippen LogP contribution in [0, 0.1) is 0 Å². The number of carbonyl (C=O) groups excluding carboxylic acids is 1. The zero-order chi connectivity index (χ0) is 19.2. The Labute approximate surface area is 161 Å². The molecule has 0 radical (unpaired) electrons. The highest BCUT2D eigenvalue weighted by Crippen LogP contribution is 2.29. The highest BCUT2D eigenvalue weighted by Gasteiger charge is 2.20. The summed E-state index contributed by atoms with van der Waals surface area (Å²) in [5.41, 5.74) is 3.94. The number of likely N-dealkylation sites (tertiary alicyclic amines) is 1. The van der Waals surface area contributed by atoms with E-state index in [0.717, 1.165) is 35.5 Å². The van der Waals surface area contributed by atoms with Gasteiger partial charge in [0.2, 0.25) is 0 Å². The lowest BCUT2D eigenvalue weighted by Gasteiger charge is -2.19. The van der Waals surface area contributed by atoms with E-state index in [1.165, 1.54) is 12.8 Å². The van der Waals surface area contributed by atoms with Gasteiger partial charge in [-0.15, -0.1) is 0 Å². The van der Waals surface area contributed by atoms with Crippen LogP contribution in [0.15, 0.2) is 48.5 Å². The topological polar surface area (TPSA) is 44.8 Å². The number of carbonyl (C=O) groups is 1. The van der Waals surface area contributed by atoms with E-state index in [-0.39, 0.29) is 0 Å². The molecule has 1 aliphatic heterocycles. The Hall–Kier alpha value is -2.53. The van der Waals surface area contributed by atoms with Crippen molar-refractivity contribution in [1.82, 2.24) is 4.90 Å². The van der Waals surface area contributed by atoms with Crippen LogP contribution in [0.5, 0.6) is 0 Å². The van der Waals surface area contributed by atoms with Gasteiger partial charge in [0.05, 0.1) is 12.3 Å². The number of nitrogens with one attached hydrogen (secondary N) is 1. The number of nitrogens with zero attached hydrogens (tertiary/aromatic N) is 2. The van der Waals surface area contributed by atoms with Crippen molar-refractivity contribution < 1.29 is 9.53 Å². The Morgan fingerprint density at radius 2 is 1.93 bits per heavy atom. The summed E-state index contributed by atoms with van der Waals surface area (Å²) in [4.78, 5) is 16.6. The lowest BCUT2D eigenvalue weighted by molar-refractivity contribution is 0.147. The maximum absolute atomic E-state index is 12.2. The molecule has 1 saturated heterocycles. The van der Waals surface area contributed by atoms with Gasteiger partial charge in [0.15, 0.2) is 0 Å². The number of para-hydroxylation sites is 1. The van der Waals surface area contributed by atoms with E-state index >= 15 is 0 Å². The Balaban J connectivity index is 1.60. The molecule has 5 nitrogen and oxygen atoms in total. The predicted molar refractivity (Wildman–Crippen MR) is 111 cm³/mol. The second kappa shape index (κ2) is 8.91. The molecule has 2 aromatic rings. The SMILES string of the molecule is CN(C)c1ccc(-c2ccccc2NC(=O)OCCC2CCCN2C)cc1. The Bertz CT molecular complexity index is 758. The molecule has 3 rings (SSSR count). The Kier molecular flexibility index (Phi) is 6.35. The maximum Gasteiger partial charge on any atom is 0.411 e. The summed E-state index contributed by atoms with van der Waals surface area (Å²) in [6.07, 6.45) is 2.91. The standard InChI is InChI=1S/C22H29N3O2/c1-24(2)18-12-10-17(11-13-18)20-8-4-5-9-21(20)23-22(26)27-16-14-19-7-6-15-25(19)3/h4-5,8-13,19H,6-7,14-16H2,1-3H3,(H,23,26). The van der Waals surface area contributed by atoms with Crippen LogP contribution in [0.25, 0.3) is 11.1 Å². The van der Waals surface area contributed by atoms with Crippen LogP contribution in [0.2, 0.25) is 0 Å². The molecule has 0 aliphatic carbocycles. The first-order chi connectivity index (χ1) is 13.0. The first kappa shape index (κ1) is 19.2. The average molecular weight is 367 g/mol. The first-order valence-electron chi connectivity index (χ1n) is 9.55. The third kappa shape index (κ3) is 5.01. The van der Waals surface area contributed by atoms with Gasteiger partial charge in [0.1, 0.15) is 0 Å². The molecule has 1 unspecified atom stereocenters. The molecule has 1 amide bonds. The molecule has 5 heteroatoms. The fourth-order valence-electron chi connectivity index (χ4n) is 3.56. The van der Waals surface area contributed by atoms with E-state index in [1.54, 1.807) is 0 Å². The van der Waals surface area contributed by atoms with Crippen LogP contribution < -0.4 is 10.2 Å². The van der Waals surface area contributed by atoms with Gasteiger partial charge in [-0.3, -0.25) is 5.32 Å². The number of benzene rings is 2. The highest BCUT2D eigenvalue weighted by molar-refractivity contribution is 5.91. The quantitative estimate of drug-likeness (QED) is 0.819. The van der Waals surface area contributed by atoms with Crippen LogP contribution >= 0.6 is 0 Å². The summed E-state index contributed by atoms with van der Waals surface area (Å²) in [6.45, 7) is 1.58. The van der Waals surface area contributed by atoms with Crippen molar-refractivity contribution in [2.24, 2.45) is 0 Å². The van der Waals surface area contributed by atoms with E-state index in [2.05, 4.69) is 46.4 Å². The first-order valence-corrected chi connectivity index (χ1v) is 9.55. The monoisotopic (exact) mass is 367 g/mol. The second-order valence-corrected chi connectivity index (χ2v) is 7.31. The van der Waals surface area contributed by atoms with Crippen LogP contribution in [-0.2, 0) is 4.74 Å². The summed E-state index contributed by atoms with van der Waals surface area (Å²) < 4.78 is 5.41. The molecule has 1 aliphatic rings. The van der Waals surface area contributed by atoms with Crippen molar-refractivity contribution in [2.45, 2.75) is 25.3 Å². The summed E-state index contributed by atoms with van der Waals surface area (Å²) in [5.74, 6) is 0. The highest BCUT2D eigenvalue weighted by atomic mass is 16.5. The largest absolute Gasteiger partial charge is 0.449 e. The molecule has 1 atom stereocenters. The minimum absolute atomic E-state index is 0.395. The summed E-state index contributed by atoms with van der Waals surface area (Å²) in [5, 5.41) is 2.90. The smallest absolute Gasteiger partial charge is 0.411 e. The predicted octanol–water partition coefficient (Wildman–Crippen LogP) is 4.45. The van der Waals surface area contributed by atoms with Gasteiger partial charge >= 0.3 is 6.09 Å². The van der Waals surface area contributed by atoms with Crippen LogP contribution in [-0.4, -0.2) is 51.3 Å². The Morgan fingerprint density at radius 3 is 2.59 bits per heavy atom. The molecule has 1 N–H and O–H groups in total. The molecular weight excluding hydrogens is 338 g/mol. The molecule has 27 heavy (non-hydrogen) atoms. The fourth-order valence-corrected chi connectivity index (χ4v) is 3.56. The third-order valence-electron chi connectivity index (χ3n) is 5.21. The lowest BCUT2D eigenvalue weighted by atomic mass is 10.0. The summed E-state index contributed by atoms with van der Waals surface area (Å²) >= 11 is 0. The van der Waals surface area contributed by atoms with E-state index in [1.807, 2.05) is 38.4 Å². The molecule has 2 aromatic carbocycles.